The summed E-state index contributed by atoms with van der Waals surface area (Å²) in [5.74, 6) is -4.08. The van der Waals surface area contributed by atoms with Gasteiger partial charge in [0.2, 0.25) is 0 Å². The van der Waals surface area contributed by atoms with E-state index in [0.29, 0.717) is 0 Å². The van der Waals surface area contributed by atoms with Crippen molar-refractivity contribution in [3.8, 4) is 0 Å². The Hall–Kier alpha value is 1.39. The molecule has 0 aromatic carbocycles. The predicted octanol–water partition coefficient (Wildman–Crippen LogP) is -11.6. The van der Waals surface area contributed by atoms with Crippen LogP contribution in [0, 0.1) is 0 Å². The SMILES string of the molecule is CC(=O)O.CC(=O)[O-].CC(=O)[O-].CC(=O)[O-].O=P([O-])(O)O.[K+].[Mg+2].[Na+]. The molecule has 0 bridgehead atoms. The van der Waals surface area contributed by atoms with Crippen molar-refractivity contribution in [3.05, 3.63) is 0 Å². The smallest absolute Gasteiger partial charge is 0.756 e. The Morgan fingerprint density at radius 1 is 0.792 bits per heavy atom. The number of hydrogen-bond acceptors (Lipinski definition) is 9. The van der Waals surface area contributed by atoms with Crippen LogP contribution in [-0.4, -0.2) is 61.8 Å². The van der Waals surface area contributed by atoms with E-state index in [-0.39, 0.29) is 104 Å². The topological polar surface area (TPSA) is 238 Å². The molecule has 3 N–H and O–H groups in total. The molecule has 16 heteroatoms. The first kappa shape index (κ1) is 49.9. The second-order valence-corrected chi connectivity index (χ2v) is 3.47. The van der Waals surface area contributed by atoms with Gasteiger partial charge in [0.25, 0.3) is 13.8 Å². The molecule has 24 heavy (non-hydrogen) atoms. The third-order valence-electron chi connectivity index (χ3n) is 0. The van der Waals surface area contributed by atoms with Gasteiger partial charge < -0.3 is 49.5 Å². The number of aliphatic carboxylic acids is 4. The molecule has 0 rings (SSSR count). The van der Waals surface area contributed by atoms with Crippen LogP contribution in [0.15, 0.2) is 0 Å². The van der Waals surface area contributed by atoms with Crippen LogP contribution >= 0.6 is 7.82 Å². The van der Waals surface area contributed by atoms with Crippen LogP contribution in [0.3, 0.4) is 0 Å². The largest absolute Gasteiger partial charge is 2.00 e. The van der Waals surface area contributed by atoms with E-state index in [1.807, 2.05) is 0 Å². The van der Waals surface area contributed by atoms with Gasteiger partial charge in [0, 0.05) is 24.8 Å². The van der Waals surface area contributed by atoms with Gasteiger partial charge in [-0.25, -0.2) is 0 Å². The summed E-state index contributed by atoms with van der Waals surface area (Å²) in [4.78, 5) is 58.6. The van der Waals surface area contributed by atoms with Gasteiger partial charge in [-0.1, -0.05) is 0 Å². The molecule has 12 nitrogen and oxygen atoms in total. The first-order chi connectivity index (χ1) is 8.93. The van der Waals surface area contributed by atoms with E-state index < -0.39 is 31.7 Å². The summed E-state index contributed by atoms with van der Waals surface area (Å²) in [6.45, 7) is 4.00. The van der Waals surface area contributed by atoms with E-state index in [1.54, 1.807) is 0 Å². The van der Waals surface area contributed by atoms with Gasteiger partial charge >= 0.3 is 104 Å². The number of phosphoric acid groups is 1. The van der Waals surface area contributed by atoms with Gasteiger partial charge in [-0.2, -0.15) is 0 Å². The molecule has 0 heterocycles. The Labute approximate surface area is 219 Å². The van der Waals surface area contributed by atoms with Crippen molar-refractivity contribution in [2.24, 2.45) is 0 Å². The minimum absolute atomic E-state index is 0. The summed E-state index contributed by atoms with van der Waals surface area (Å²) in [5, 5.41) is 34.1. The molecular formula is C8H15KMgNaO12P. The van der Waals surface area contributed by atoms with Gasteiger partial charge in [0.1, 0.15) is 0 Å². The summed E-state index contributed by atoms with van der Waals surface area (Å²) in [5.41, 5.74) is 0. The zero-order valence-corrected chi connectivity index (χ0v) is 21.6. The molecule has 0 atom stereocenters. The van der Waals surface area contributed by atoms with Gasteiger partial charge in [-0.05, 0) is 20.8 Å². The molecule has 0 aromatic rings. The Bertz CT molecular complexity index is 289. The zero-order chi connectivity index (χ0) is 18.8. The van der Waals surface area contributed by atoms with Crippen molar-refractivity contribution in [3.63, 3.8) is 0 Å². The second kappa shape index (κ2) is 35.5. The maximum Gasteiger partial charge on any atom is 2.00 e. The van der Waals surface area contributed by atoms with Crippen molar-refractivity contribution >= 4 is 54.8 Å². The van der Waals surface area contributed by atoms with E-state index >= 15 is 0 Å². The summed E-state index contributed by atoms with van der Waals surface area (Å²) in [6, 6.07) is 0. The van der Waals surface area contributed by atoms with E-state index in [2.05, 4.69) is 0 Å². The summed E-state index contributed by atoms with van der Waals surface area (Å²) in [7, 11) is -4.89. The van der Waals surface area contributed by atoms with Gasteiger partial charge in [-0.3, -0.25) is 9.36 Å². The average Bonchev–Trinajstić information content (AvgIpc) is 1.91. The summed E-state index contributed by atoms with van der Waals surface area (Å²) in [6.07, 6.45) is 0. The van der Waals surface area contributed by atoms with E-state index in [4.69, 9.17) is 58.8 Å². The number of rotatable bonds is 0. The standard InChI is InChI=1S/4C2H4O2.K.Mg.Na.H3O4P/c4*1-2(3)4;;;;1-5(2,3)4/h4*1H3,(H,3,4);;;;(H3,1,2,3,4)/q;;;;+1;+2;+1;/p-4. The van der Waals surface area contributed by atoms with E-state index in [0.717, 1.165) is 27.7 Å². The van der Waals surface area contributed by atoms with E-state index in [9.17, 15) is 0 Å². The van der Waals surface area contributed by atoms with Crippen LogP contribution in [0.5, 0.6) is 0 Å². The Morgan fingerprint density at radius 2 is 0.792 bits per heavy atom. The maximum atomic E-state index is 9.00. The molecule has 0 spiro atoms. The maximum absolute atomic E-state index is 9.00. The first-order valence-electron chi connectivity index (χ1n) is 4.42. The van der Waals surface area contributed by atoms with Gasteiger partial charge in [0.15, 0.2) is 0 Å². The molecule has 0 aliphatic rings. The normalized spacial score (nSPS) is 6.62. The quantitative estimate of drug-likeness (QED) is 0.244. The number of hydrogen-bond donors (Lipinski definition) is 3. The molecule has 0 radical (unpaired) electrons. The molecule has 0 amide bonds. The number of carbonyl (C=O) groups is 4. The fourth-order valence-corrected chi connectivity index (χ4v) is 0. The molecule has 128 valence electrons. The van der Waals surface area contributed by atoms with Crippen molar-refractivity contribution in [2.45, 2.75) is 27.7 Å². The Kier molecular flexibility index (Phi) is 73.9. The van der Waals surface area contributed by atoms with Crippen LogP contribution in [-0.2, 0) is 23.7 Å². The van der Waals surface area contributed by atoms with Crippen LogP contribution in [0.2, 0.25) is 0 Å². The summed E-state index contributed by atoms with van der Waals surface area (Å²) >= 11 is 0. The Balaban J connectivity index is -0.0000000216. The van der Waals surface area contributed by atoms with Crippen molar-refractivity contribution in [2.75, 3.05) is 0 Å². The molecule has 0 fully saturated rings. The van der Waals surface area contributed by atoms with Crippen LogP contribution in [0.25, 0.3) is 0 Å². The second-order valence-electron chi connectivity index (χ2n) is 2.48. The third kappa shape index (κ3) is 6050. The van der Waals surface area contributed by atoms with Crippen LogP contribution in [0.1, 0.15) is 27.7 Å². The van der Waals surface area contributed by atoms with Crippen LogP contribution < -0.4 is 101 Å². The fraction of sp³-hybridized carbons (Fsp3) is 0.500. The molecular weight excluding hydrogens is 405 g/mol. The Morgan fingerprint density at radius 3 is 0.792 bits per heavy atom. The van der Waals surface area contributed by atoms with Gasteiger partial charge in [-0.15, -0.1) is 0 Å². The molecule has 0 aliphatic heterocycles. The van der Waals surface area contributed by atoms with Crippen molar-refractivity contribution in [1.29, 1.82) is 0 Å². The zero-order valence-electron chi connectivity index (χ0n) is 14.2. The molecule has 0 saturated carbocycles. The first-order valence-corrected chi connectivity index (χ1v) is 5.95. The van der Waals surface area contributed by atoms with Crippen molar-refractivity contribution in [1.82, 2.24) is 0 Å². The minimum Gasteiger partial charge on any atom is -0.756 e. The molecule has 0 saturated heterocycles. The van der Waals surface area contributed by atoms with Crippen molar-refractivity contribution < 1.29 is 140 Å². The minimum atomic E-state index is -4.89. The monoisotopic (exact) mass is 420 g/mol. The van der Waals surface area contributed by atoms with Crippen LogP contribution in [0.4, 0.5) is 0 Å². The van der Waals surface area contributed by atoms with E-state index in [1.165, 1.54) is 0 Å². The number of carboxylic acids is 4. The summed E-state index contributed by atoms with van der Waals surface area (Å²) < 4.78 is 8.77. The molecule has 0 unspecified atom stereocenters. The number of carbonyl (C=O) groups excluding carboxylic acids is 3. The fourth-order valence-electron chi connectivity index (χ4n) is 0. The molecule has 0 aliphatic carbocycles. The number of carboxylic acid groups (broad SMARTS) is 4. The third-order valence-corrected chi connectivity index (χ3v) is 0. The van der Waals surface area contributed by atoms with Gasteiger partial charge in [0.05, 0.1) is 0 Å². The predicted molar refractivity (Wildman–Crippen MR) is 63.2 cm³/mol. The molecule has 0 aromatic heterocycles. The average molecular weight is 421 g/mol.